The number of hydrogen-bond donors (Lipinski definition) is 1. The number of rotatable bonds is 2. The van der Waals surface area contributed by atoms with Crippen molar-refractivity contribution in [3.63, 3.8) is 0 Å². The summed E-state index contributed by atoms with van der Waals surface area (Å²) >= 11 is 0. The van der Waals surface area contributed by atoms with Crippen molar-refractivity contribution in [2.75, 3.05) is 13.1 Å². The molecule has 6 nitrogen and oxygen atoms in total. The van der Waals surface area contributed by atoms with E-state index in [1.165, 1.54) is 22.9 Å². The predicted molar refractivity (Wildman–Crippen MR) is 83.3 cm³/mol. The standard InChI is InChI=1S/C16H15F3N4O2/c17-16(18,19)25-12-3-1-2-10-14(12)15-21-13(24)8-11(23(15)22-10)9-4-6-20-7-5-9/h1-3,8-9,14,20H,4-7H2. The number of fused-ring (bicyclic) bond motifs is 3. The predicted octanol–water partition coefficient (Wildman–Crippen LogP) is 2.00. The fourth-order valence-electron chi connectivity index (χ4n) is 3.49. The highest BCUT2D eigenvalue weighted by Gasteiger charge is 2.41. The summed E-state index contributed by atoms with van der Waals surface area (Å²) in [7, 11) is 0. The summed E-state index contributed by atoms with van der Waals surface area (Å²) in [5, 5.41) is 7.65. The minimum absolute atomic E-state index is 0.111. The summed E-state index contributed by atoms with van der Waals surface area (Å²) in [6.45, 7) is 1.64. The Labute approximate surface area is 140 Å². The molecule has 25 heavy (non-hydrogen) atoms. The zero-order chi connectivity index (χ0) is 17.6. The summed E-state index contributed by atoms with van der Waals surface area (Å²) in [5.41, 5.74) is 0.602. The van der Waals surface area contributed by atoms with Gasteiger partial charge in [-0.1, -0.05) is 6.08 Å². The Morgan fingerprint density at radius 3 is 2.76 bits per heavy atom. The summed E-state index contributed by atoms with van der Waals surface area (Å²) in [5.74, 6) is -0.952. The van der Waals surface area contributed by atoms with Crippen LogP contribution in [0.15, 0.2) is 39.9 Å². The van der Waals surface area contributed by atoms with Crippen LogP contribution in [0.1, 0.15) is 36.2 Å². The first-order chi connectivity index (χ1) is 11.9. The van der Waals surface area contributed by atoms with Gasteiger partial charge < -0.3 is 10.1 Å². The van der Waals surface area contributed by atoms with Crippen molar-refractivity contribution in [1.29, 1.82) is 0 Å². The lowest BCUT2D eigenvalue weighted by atomic mass is 9.93. The number of aromatic nitrogens is 2. The van der Waals surface area contributed by atoms with Crippen LogP contribution in [0.25, 0.3) is 0 Å². The number of nitrogens with one attached hydrogen (secondary N) is 1. The van der Waals surface area contributed by atoms with Crippen LogP contribution in [0.4, 0.5) is 13.2 Å². The average Bonchev–Trinajstić information content (AvgIpc) is 2.93. The first-order valence-corrected chi connectivity index (χ1v) is 8.00. The van der Waals surface area contributed by atoms with Crippen LogP contribution in [0.3, 0.4) is 0 Å². The normalized spacial score (nSPS) is 22.9. The van der Waals surface area contributed by atoms with E-state index in [-0.39, 0.29) is 17.5 Å². The maximum absolute atomic E-state index is 12.7. The highest BCUT2D eigenvalue weighted by molar-refractivity contribution is 6.04. The zero-order valence-corrected chi connectivity index (χ0v) is 13.1. The smallest absolute Gasteiger partial charge is 0.409 e. The molecule has 1 saturated heterocycles. The molecule has 0 spiro atoms. The van der Waals surface area contributed by atoms with Gasteiger partial charge in [0.2, 0.25) is 0 Å². The number of alkyl halides is 3. The molecule has 0 radical (unpaired) electrons. The van der Waals surface area contributed by atoms with Crippen molar-refractivity contribution in [1.82, 2.24) is 15.0 Å². The van der Waals surface area contributed by atoms with E-state index in [9.17, 15) is 18.0 Å². The number of piperidine rings is 1. The Morgan fingerprint density at radius 1 is 1.28 bits per heavy atom. The van der Waals surface area contributed by atoms with Crippen LogP contribution in [-0.2, 0) is 4.74 Å². The lowest BCUT2D eigenvalue weighted by molar-refractivity contribution is -0.306. The fourth-order valence-corrected chi connectivity index (χ4v) is 3.49. The van der Waals surface area contributed by atoms with Crippen LogP contribution in [0, 0.1) is 0 Å². The van der Waals surface area contributed by atoms with Gasteiger partial charge in [-0.05, 0) is 38.1 Å². The monoisotopic (exact) mass is 352 g/mol. The lowest BCUT2D eigenvalue weighted by Gasteiger charge is -2.24. The molecule has 0 amide bonds. The van der Waals surface area contributed by atoms with Crippen LogP contribution in [0.5, 0.6) is 0 Å². The molecule has 132 valence electrons. The molecule has 1 fully saturated rings. The van der Waals surface area contributed by atoms with E-state index >= 15 is 0 Å². The first kappa shape index (κ1) is 16.1. The van der Waals surface area contributed by atoms with Crippen molar-refractivity contribution in [2.24, 2.45) is 5.10 Å². The van der Waals surface area contributed by atoms with Gasteiger partial charge in [-0.3, -0.25) is 4.79 Å². The van der Waals surface area contributed by atoms with Gasteiger partial charge in [0, 0.05) is 12.0 Å². The summed E-state index contributed by atoms with van der Waals surface area (Å²) in [6.07, 6.45) is 1.13. The average molecular weight is 352 g/mol. The maximum atomic E-state index is 12.7. The molecule has 0 aromatic carbocycles. The molecule has 1 aliphatic carbocycles. The van der Waals surface area contributed by atoms with E-state index in [0.29, 0.717) is 11.4 Å². The second kappa shape index (κ2) is 5.83. The van der Waals surface area contributed by atoms with E-state index in [2.05, 4.69) is 20.1 Å². The number of halogens is 3. The fraction of sp³-hybridized carbons (Fsp3) is 0.438. The van der Waals surface area contributed by atoms with Crippen LogP contribution >= 0.6 is 0 Å². The van der Waals surface area contributed by atoms with Gasteiger partial charge in [0.05, 0.1) is 11.4 Å². The topological polar surface area (TPSA) is 68.5 Å². The third kappa shape index (κ3) is 2.99. The Hall–Kier alpha value is -2.42. The Morgan fingerprint density at radius 2 is 2.04 bits per heavy atom. The molecule has 1 aromatic rings. The molecule has 1 N–H and O–H groups in total. The molecular formula is C16H15F3N4O2. The van der Waals surface area contributed by atoms with Gasteiger partial charge in [0.25, 0.3) is 5.56 Å². The second-order valence-electron chi connectivity index (χ2n) is 6.15. The van der Waals surface area contributed by atoms with Crippen LogP contribution < -0.4 is 10.9 Å². The molecule has 3 heterocycles. The zero-order valence-electron chi connectivity index (χ0n) is 13.1. The van der Waals surface area contributed by atoms with Gasteiger partial charge >= 0.3 is 6.36 Å². The third-order valence-electron chi connectivity index (χ3n) is 4.53. The number of ether oxygens (including phenoxy) is 1. The largest absolute Gasteiger partial charge is 0.572 e. The highest BCUT2D eigenvalue weighted by Crippen LogP contribution is 2.38. The number of allylic oxidation sites excluding steroid dienone is 4. The molecule has 1 aromatic heterocycles. The molecule has 1 atom stereocenters. The van der Waals surface area contributed by atoms with Gasteiger partial charge in [-0.15, -0.1) is 13.2 Å². The van der Waals surface area contributed by atoms with Crippen LogP contribution in [-0.4, -0.2) is 34.8 Å². The number of hydrogen-bond acceptors (Lipinski definition) is 5. The highest BCUT2D eigenvalue weighted by atomic mass is 19.4. The second-order valence-corrected chi connectivity index (χ2v) is 6.15. The van der Waals surface area contributed by atoms with Crippen molar-refractivity contribution >= 4 is 5.71 Å². The molecular weight excluding hydrogens is 337 g/mol. The van der Waals surface area contributed by atoms with Crippen molar-refractivity contribution < 1.29 is 17.9 Å². The van der Waals surface area contributed by atoms with Crippen molar-refractivity contribution in [3.8, 4) is 0 Å². The minimum Gasteiger partial charge on any atom is -0.409 e. The Balaban J connectivity index is 1.78. The molecule has 3 aliphatic rings. The summed E-state index contributed by atoms with van der Waals surface area (Å²) in [4.78, 5) is 16.0. The van der Waals surface area contributed by atoms with Crippen LogP contribution in [0.2, 0.25) is 0 Å². The van der Waals surface area contributed by atoms with E-state index in [4.69, 9.17) is 0 Å². The quantitative estimate of drug-likeness (QED) is 0.884. The maximum Gasteiger partial charge on any atom is 0.572 e. The molecule has 0 saturated carbocycles. The van der Waals surface area contributed by atoms with Gasteiger partial charge in [-0.25, -0.2) is 4.68 Å². The van der Waals surface area contributed by atoms with E-state index in [0.717, 1.165) is 25.9 Å². The van der Waals surface area contributed by atoms with Crippen molar-refractivity contribution in [3.05, 3.63) is 51.9 Å². The lowest BCUT2D eigenvalue weighted by Crippen LogP contribution is -2.30. The first-order valence-electron chi connectivity index (χ1n) is 8.00. The minimum atomic E-state index is -4.82. The molecule has 4 rings (SSSR count). The molecule has 9 heteroatoms. The SMILES string of the molecule is O=c1cc(C2CCNCC2)n2c(n1)C1C(OC(F)(F)F)=CC=CC1=N2. The Kier molecular flexibility index (Phi) is 3.75. The number of nitrogens with zero attached hydrogens (tertiary/aromatic N) is 3. The molecule has 2 aliphatic heterocycles. The van der Waals surface area contributed by atoms with E-state index in [1.807, 2.05) is 0 Å². The van der Waals surface area contributed by atoms with Crippen molar-refractivity contribution in [2.45, 2.75) is 31.0 Å². The molecule has 1 unspecified atom stereocenters. The van der Waals surface area contributed by atoms with Gasteiger partial charge in [0.1, 0.15) is 11.7 Å². The summed E-state index contributed by atoms with van der Waals surface area (Å²) in [6, 6.07) is 1.43. The van der Waals surface area contributed by atoms with E-state index in [1.54, 1.807) is 6.08 Å². The van der Waals surface area contributed by atoms with E-state index < -0.39 is 17.8 Å². The van der Waals surface area contributed by atoms with Gasteiger partial charge in [0.15, 0.2) is 5.82 Å². The molecule has 0 bridgehead atoms. The third-order valence-corrected chi connectivity index (χ3v) is 4.53. The Bertz CT molecular complexity index is 848. The van der Waals surface area contributed by atoms with Gasteiger partial charge in [-0.2, -0.15) is 10.1 Å². The summed E-state index contributed by atoms with van der Waals surface area (Å²) < 4.78 is 43.8.